The third kappa shape index (κ3) is 2.83. The van der Waals surface area contributed by atoms with Gasteiger partial charge in [-0.2, -0.15) is 0 Å². The van der Waals surface area contributed by atoms with Gasteiger partial charge < -0.3 is 15.8 Å². The van der Waals surface area contributed by atoms with Crippen molar-refractivity contribution in [2.24, 2.45) is 5.73 Å². The maximum atomic E-state index is 13.0. The molecule has 3 amide bonds. The van der Waals surface area contributed by atoms with Crippen LogP contribution in [0.4, 0.5) is 21.9 Å². The van der Waals surface area contributed by atoms with Crippen molar-refractivity contribution in [2.75, 3.05) is 10.2 Å². The Hall–Kier alpha value is -3.98. The molecule has 0 unspecified atom stereocenters. The van der Waals surface area contributed by atoms with Crippen LogP contribution < -0.4 is 20.7 Å². The van der Waals surface area contributed by atoms with Crippen molar-refractivity contribution in [3.05, 3.63) is 65.3 Å². The van der Waals surface area contributed by atoms with Gasteiger partial charge in [-0.3, -0.25) is 9.69 Å². The third-order valence-electron chi connectivity index (χ3n) is 4.74. The van der Waals surface area contributed by atoms with Crippen molar-refractivity contribution < 1.29 is 14.3 Å². The molecule has 0 fully saturated rings. The second-order valence-corrected chi connectivity index (χ2v) is 7.66. The van der Waals surface area contributed by atoms with Crippen molar-refractivity contribution >= 4 is 50.6 Å². The second-order valence-electron chi connectivity index (χ2n) is 6.66. The summed E-state index contributed by atoms with van der Waals surface area (Å²) in [4.78, 5) is 35.8. The summed E-state index contributed by atoms with van der Waals surface area (Å²) in [6, 6.07) is 12.2. The first-order valence-corrected chi connectivity index (χ1v) is 9.86. The van der Waals surface area contributed by atoms with Gasteiger partial charge in [0.15, 0.2) is 0 Å². The van der Waals surface area contributed by atoms with Crippen LogP contribution in [0.15, 0.2) is 54.9 Å². The van der Waals surface area contributed by atoms with Crippen LogP contribution in [0.1, 0.15) is 15.2 Å². The molecule has 5 rings (SSSR count). The number of aromatic nitrogens is 2. The molecule has 4 aromatic rings. The molecule has 8 nitrogen and oxygen atoms in total. The summed E-state index contributed by atoms with van der Waals surface area (Å²) in [5.74, 6) is 0.498. The van der Waals surface area contributed by atoms with Gasteiger partial charge in [0.05, 0.1) is 22.4 Å². The largest absolute Gasteiger partial charge is 0.439 e. The molecule has 3 aromatic heterocycles. The average molecular weight is 417 g/mol. The highest BCUT2D eigenvalue weighted by Gasteiger charge is 2.32. The Bertz CT molecular complexity index is 1320. The number of ether oxygens (including phenoxy) is 1. The van der Waals surface area contributed by atoms with E-state index in [1.807, 2.05) is 31.2 Å². The summed E-state index contributed by atoms with van der Waals surface area (Å²) in [5, 5.41) is 3.50. The summed E-state index contributed by atoms with van der Waals surface area (Å²) in [6.45, 7) is 1.89. The molecule has 0 saturated heterocycles. The van der Waals surface area contributed by atoms with E-state index in [1.54, 1.807) is 35.5 Å². The molecule has 30 heavy (non-hydrogen) atoms. The van der Waals surface area contributed by atoms with Crippen LogP contribution in [-0.4, -0.2) is 21.9 Å². The van der Waals surface area contributed by atoms with E-state index in [2.05, 4.69) is 15.3 Å². The van der Waals surface area contributed by atoms with Crippen LogP contribution >= 0.6 is 11.3 Å². The number of hydrogen-bond donors (Lipinski definition) is 2. The summed E-state index contributed by atoms with van der Waals surface area (Å²) < 4.78 is 5.78. The zero-order valence-corrected chi connectivity index (χ0v) is 16.6. The van der Waals surface area contributed by atoms with Crippen LogP contribution in [-0.2, 0) is 0 Å². The Morgan fingerprint density at radius 2 is 2.00 bits per heavy atom. The number of rotatable bonds is 4. The predicted molar refractivity (Wildman–Crippen MR) is 115 cm³/mol. The average Bonchev–Trinajstić information content (AvgIpc) is 3.10. The fourth-order valence-corrected chi connectivity index (χ4v) is 4.44. The van der Waals surface area contributed by atoms with Gasteiger partial charge >= 0.3 is 6.03 Å². The highest BCUT2D eigenvalue weighted by molar-refractivity contribution is 7.21. The lowest BCUT2D eigenvalue weighted by Gasteiger charge is -2.29. The minimum Gasteiger partial charge on any atom is -0.439 e. The Kier molecular flexibility index (Phi) is 4.11. The zero-order valence-electron chi connectivity index (χ0n) is 15.7. The van der Waals surface area contributed by atoms with Crippen molar-refractivity contribution in [3.8, 4) is 11.6 Å². The highest BCUT2D eigenvalue weighted by Crippen LogP contribution is 2.46. The van der Waals surface area contributed by atoms with E-state index in [4.69, 9.17) is 10.5 Å². The van der Waals surface area contributed by atoms with E-state index in [0.717, 1.165) is 16.9 Å². The van der Waals surface area contributed by atoms with Gasteiger partial charge in [-0.15, -0.1) is 11.3 Å². The molecule has 0 bridgehead atoms. The van der Waals surface area contributed by atoms with Gasteiger partial charge in [-0.05, 0) is 42.8 Å². The normalized spacial score (nSPS) is 12.7. The molecule has 0 spiro atoms. The highest BCUT2D eigenvalue weighted by atomic mass is 32.1. The minimum absolute atomic E-state index is 0.286. The SMILES string of the molecule is Cc1cc(Oc2ccccn2)ccc1N1C(=O)Nc2c(C(N)=O)sc3nccc1c23. The fourth-order valence-electron chi connectivity index (χ4n) is 3.47. The number of primary amides is 1. The van der Waals surface area contributed by atoms with E-state index < -0.39 is 5.91 Å². The van der Waals surface area contributed by atoms with Crippen molar-refractivity contribution in [1.29, 1.82) is 0 Å². The number of nitrogens with one attached hydrogen (secondary N) is 1. The number of carbonyl (C=O) groups excluding carboxylic acids is 2. The number of urea groups is 1. The number of thiophene rings is 1. The summed E-state index contributed by atoms with van der Waals surface area (Å²) in [7, 11) is 0. The van der Waals surface area contributed by atoms with Gasteiger partial charge in [-0.1, -0.05) is 6.07 Å². The number of benzene rings is 1. The number of nitrogens with two attached hydrogens (primary N) is 1. The zero-order chi connectivity index (χ0) is 20.8. The number of anilines is 3. The molecule has 9 heteroatoms. The molecule has 0 saturated carbocycles. The number of amides is 3. The second kappa shape index (κ2) is 6.82. The number of nitrogens with zero attached hydrogens (tertiary/aromatic N) is 3. The third-order valence-corrected chi connectivity index (χ3v) is 5.85. The monoisotopic (exact) mass is 417 g/mol. The first kappa shape index (κ1) is 18.1. The minimum atomic E-state index is -0.597. The lowest BCUT2D eigenvalue weighted by atomic mass is 10.1. The lowest BCUT2D eigenvalue weighted by molar-refractivity contribution is 0.100. The van der Waals surface area contributed by atoms with Crippen LogP contribution in [0, 0.1) is 6.92 Å². The summed E-state index contributed by atoms with van der Waals surface area (Å²) >= 11 is 1.16. The van der Waals surface area contributed by atoms with E-state index in [-0.39, 0.29) is 10.9 Å². The number of hydrogen-bond acceptors (Lipinski definition) is 6. The van der Waals surface area contributed by atoms with Crippen molar-refractivity contribution in [2.45, 2.75) is 6.92 Å². The maximum Gasteiger partial charge on any atom is 0.331 e. The Balaban J connectivity index is 1.59. The lowest BCUT2D eigenvalue weighted by Crippen LogP contribution is -2.34. The molecule has 0 aliphatic carbocycles. The predicted octanol–water partition coefficient (Wildman–Crippen LogP) is 4.57. The van der Waals surface area contributed by atoms with E-state index in [1.165, 1.54) is 0 Å². The molecular weight excluding hydrogens is 402 g/mol. The quantitative estimate of drug-likeness (QED) is 0.505. The summed E-state index contributed by atoms with van der Waals surface area (Å²) in [6.07, 6.45) is 3.27. The molecule has 1 aliphatic heterocycles. The molecule has 4 heterocycles. The van der Waals surface area contributed by atoms with Crippen LogP contribution in [0.3, 0.4) is 0 Å². The van der Waals surface area contributed by atoms with Crippen molar-refractivity contribution in [1.82, 2.24) is 9.97 Å². The first-order chi connectivity index (χ1) is 14.5. The Labute approximate surface area is 174 Å². The number of carbonyl (C=O) groups is 2. The van der Waals surface area contributed by atoms with Gasteiger partial charge in [0, 0.05) is 18.5 Å². The molecule has 3 N–H and O–H groups in total. The summed E-state index contributed by atoms with van der Waals surface area (Å²) in [5.41, 5.74) is 8.06. The van der Waals surface area contributed by atoms with Gasteiger partial charge in [0.1, 0.15) is 15.5 Å². The van der Waals surface area contributed by atoms with Crippen LogP contribution in [0.25, 0.3) is 10.2 Å². The fraction of sp³-hybridized carbons (Fsp3) is 0.0476. The molecule has 148 valence electrons. The van der Waals surface area contributed by atoms with Crippen LogP contribution in [0.5, 0.6) is 11.6 Å². The first-order valence-electron chi connectivity index (χ1n) is 9.05. The van der Waals surface area contributed by atoms with E-state index >= 15 is 0 Å². The Morgan fingerprint density at radius 3 is 2.73 bits per heavy atom. The van der Waals surface area contributed by atoms with Crippen molar-refractivity contribution in [3.63, 3.8) is 0 Å². The molecular formula is C21H15N5O3S. The van der Waals surface area contributed by atoms with Gasteiger partial charge in [0.25, 0.3) is 5.91 Å². The molecule has 1 aromatic carbocycles. The number of pyridine rings is 2. The van der Waals surface area contributed by atoms with E-state index in [9.17, 15) is 9.59 Å². The van der Waals surface area contributed by atoms with Gasteiger partial charge in [0.2, 0.25) is 5.88 Å². The molecule has 0 radical (unpaired) electrons. The maximum absolute atomic E-state index is 13.0. The smallest absolute Gasteiger partial charge is 0.331 e. The Morgan fingerprint density at radius 1 is 1.13 bits per heavy atom. The number of aryl methyl sites for hydroxylation is 1. The molecule has 0 atom stereocenters. The molecule has 1 aliphatic rings. The van der Waals surface area contributed by atoms with Gasteiger partial charge in [-0.25, -0.2) is 14.8 Å². The van der Waals surface area contributed by atoms with Crippen LogP contribution in [0.2, 0.25) is 0 Å². The van der Waals surface area contributed by atoms with E-state index in [0.29, 0.717) is 38.9 Å². The standard InChI is InChI=1S/C21H15N5O3S/c1-11-10-12(29-15-4-2-3-8-23-15)5-6-13(11)26-14-7-9-24-20-16(14)17(25-21(26)28)18(30-20)19(22)27/h2-10H,1H3,(H2,22,27)(H,25,28). The topological polar surface area (TPSA) is 110 Å².